The number of pyridine rings is 2. The fourth-order valence-corrected chi connectivity index (χ4v) is 7.52. The molecule has 0 saturated heterocycles. The molecule has 47 heavy (non-hydrogen) atoms. The van der Waals surface area contributed by atoms with E-state index in [1.807, 2.05) is 45.8 Å². The van der Waals surface area contributed by atoms with E-state index in [-0.39, 0.29) is 5.41 Å². The van der Waals surface area contributed by atoms with Gasteiger partial charge in [0.2, 0.25) is 11.9 Å². The summed E-state index contributed by atoms with van der Waals surface area (Å²) >= 11 is 0. The van der Waals surface area contributed by atoms with Gasteiger partial charge in [-0.3, -0.25) is 9.13 Å². The first-order chi connectivity index (χ1) is 23.1. The van der Waals surface area contributed by atoms with Crippen molar-refractivity contribution in [3.05, 3.63) is 139 Å². The fourth-order valence-electron chi connectivity index (χ4n) is 7.52. The Balaban J connectivity index is 1.29. The standard InChI is InChI=1S/C40H27N7/c1-40(2)31-16-6-3-11-25(31)26-20-19-24(23-32(26)40)35-43-38(46-33-17-7-4-12-27(33)29-14-9-21-41-36(29)46)45-39(44-35)47-34-18-8-5-13-28(34)30-15-10-22-42-37(30)47/h3-23H,1-2H3. The molecule has 222 valence electrons. The number of rotatable bonds is 3. The average molecular weight is 606 g/mol. The van der Waals surface area contributed by atoms with E-state index < -0.39 is 0 Å². The Kier molecular flexibility index (Phi) is 5.21. The SMILES string of the molecule is CC1(C)c2ccccc2-c2ccc(-c3nc(-n4c5ccccc5c5cccnc54)nc(-n4c5ccccc5c5cccnc54)n3)cc21. The molecule has 5 aromatic heterocycles. The summed E-state index contributed by atoms with van der Waals surface area (Å²) in [5, 5.41) is 4.27. The Morgan fingerprint density at radius 1 is 0.489 bits per heavy atom. The zero-order valence-corrected chi connectivity index (χ0v) is 25.8. The molecule has 0 spiro atoms. The smallest absolute Gasteiger partial charge is 0.241 e. The van der Waals surface area contributed by atoms with Crippen molar-refractivity contribution in [2.75, 3.05) is 0 Å². The van der Waals surface area contributed by atoms with Crippen LogP contribution in [-0.2, 0) is 5.41 Å². The van der Waals surface area contributed by atoms with Crippen molar-refractivity contribution in [3.8, 4) is 34.4 Å². The lowest BCUT2D eigenvalue weighted by Gasteiger charge is -2.21. The normalized spacial score (nSPS) is 13.5. The first kappa shape index (κ1) is 26.1. The van der Waals surface area contributed by atoms with Gasteiger partial charge in [0.25, 0.3) is 0 Å². The van der Waals surface area contributed by atoms with Gasteiger partial charge in [-0.15, -0.1) is 0 Å². The van der Waals surface area contributed by atoms with Crippen molar-refractivity contribution >= 4 is 43.9 Å². The molecule has 0 amide bonds. The van der Waals surface area contributed by atoms with E-state index in [0.29, 0.717) is 17.7 Å². The lowest BCUT2D eigenvalue weighted by Crippen LogP contribution is -2.15. The monoisotopic (exact) mass is 605 g/mol. The molecule has 9 aromatic rings. The van der Waals surface area contributed by atoms with Crippen LogP contribution in [0.5, 0.6) is 0 Å². The van der Waals surface area contributed by atoms with Crippen LogP contribution in [0.2, 0.25) is 0 Å². The van der Waals surface area contributed by atoms with E-state index in [1.165, 1.54) is 22.3 Å². The molecule has 7 nitrogen and oxygen atoms in total. The topological polar surface area (TPSA) is 74.3 Å². The van der Waals surface area contributed by atoms with Gasteiger partial charge in [0.1, 0.15) is 11.3 Å². The highest BCUT2D eigenvalue weighted by Gasteiger charge is 2.35. The third-order valence-electron chi connectivity index (χ3n) is 9.72. The molecule has 1 aliphatic carbocycles. The predicted octanol–water partition coefficient (Wildman–Crippen LogP) is 8.83. The van der Waals surface area contributed by atoms with Gasteiger partial charge >= 0.3 is 0 Å². The summed E-state index contributed by atoms with van der Waals surface area (Å²) in [4.78, 5) is 25.3. The summed E-state index contributed by atoms with van der Waals surface area (Å²) in [6, 6.07) is 40.0. The van der Waals surface area contributed by atoms with Crippen LogP contribution in [0.1, 0.15) is 25.0 Å². The van der Waals surface area contributed by atoms with Crippen LogP contribution in [0, 0.1) is 0 Å². The van der Waals surface area contributed by atoms with Gasteiger partial charge in [-0.25, -0.2) is 9.97 Å². The first-order valence-corrected chi connectivity index (χ1v) is 15.8. The van der Waals surface area contributed by atoms with E-state index in [0.717, 1.165) is 49.4 Å². The Morgan fingerprint density at radius 3 is 1.66 bits per heavy atom. The quantitative estimate of drug-likeness (QED) is 0.201. The van der Waals surface area contributed by atoms with E-state index in [2.05, 4.69) is 105 Å². The van der Waals surface area contributed by atoms with Gasteiger partial charge in [-0.05, 0) is 64.7 Å². The Bertz CT molecular complexity index is 2490. The molecule has 0 N–H and O–H groups in total. The van der Waals surface area contributed by atoms with Crippen molar-refractivity contribution < 1.29 is 0 Å². The van der Waals surface area contributed by atoms with Crippen LogP contribution < -0.4 is 0 Å². The van der Waals surface area contributed by atoms with Gasteiger partial charge in [0, 0.05) is 44.9 Å². The van der Waals surface area contributed by atoms with E-state index in [1.54, 1.807) is 0 Å². The Hall–Kier alpha value is -6.21. The first-order valence-electron chi connectivity index (χ1n) is 15.8. The van der Waals surface area contributed by atoms with Crippen LogP contribution in [0.15, 0.2) is 128 Å². The minimum Gasteiger partial charge on any atom is -0.262 e. The van der Waals surface area contributed by atoms with Crippen molar-refractivity contribution in [3.63, 3.8) is 0 Å². The van der Waals surface area contributed by atoms with Crippen LogP contribution >= 0.6 is 0 Å². The van der Waals surface area contributed by atoms with Crippen molar-refractivity contribution in [2.24, 2.45) is 0 Å². The summed E-state index contributed by atoms with van der Waals surface area (Å²) in [5.41, 5.74) is 9.45. The number of benzene rings is 4. The molecule has 0 aliphatic heterocycles. The maximum absolute atomic E-state index is 5.21. The second-order valence-electron chi connectivity index (χ2n) is 12.6. The molecule has 0 fully saturated rings. The van der Waals surface area contributed by atoms with E-state index >= 15 is 0 Å². The molecular weight excluding hydrogens is 578 g/mol. The number of fused-ring (bicyclic) bond motifs is 9. The largest absolute Gasteiger partial charge is 0.262 e. The number of para-hydroxylation sites is 2. The molecular formula is C40H27N7. The molecule has 10 rings (SSSR count). The third kappa shape index (κ3) is 3.59. The highest BCUT2D eigenvalue weighted by Crippen LogP contribution is 2.49. The van der Waals surface area contributed by atoms with Crippen LogP contribution in [0.4, 0.5) is 0 Å². The molecule has 7 heteroatoms. The summed E-state index contributed by atoms with van der Waals surface area (Å²) < 4.78 is 4.10. The highest BCUT2D eigenvalue weighted by atomic mass is 15.3. The number of aromatic nitrogens is 7. The second-order valence-corrected chi connectivity index (χ2v) is 12.6. The number of hydrogen-bond acceptors (Lipinski definition) is 5. The van der Waals surface area contributed by atoms with Gasteiger partial charge in [0.15, 0.2) is 5.82 Å². The average Bonchev–Trinajstić information content (AvgIpc) is 3.72. The van der Waals surface area contributed by atoms with Crippen molar-refractivity contribution in [2.45, 2.75) is 19.3 Å². The van der Waals surface area contributed by atoms with Crippen molar-refractivity contribution in [1.29, 1.82) is 0 Å². The van der Waals surface area contributed by atoms with E-state index in [9.17, 15) is 0 Å². The molecule has 5 heterocycles. The van der Waals surface area contributed by atoms with Gasteiger partial charge in [0.05, 0.1) is 11.0 Å². The molecule has 0 unspecified atom stereocenters. The van der Waals surface area contributed by atoms with Gasteiger partial charge in [-0.2, -0.15) is 15.0 Å². The summed E-state index contributed by atoms with van der Waals surface area (Å²) in [7, 11) is 0. The van der Waals surface area contributed by atoms with Crippen LogP contribution in [0.25, 0.3) is 78.3 Å². The van der Waals surface area contributed by atoms with Gasteiger partial charge in [-0.1, -0.05) is 86.6 Å². The summed E-state index contributed by atoms with van der Waals surface area (Å²) in [6.07, 6.45) is 3.63. The lowest BCUT2D eigenvalue weighted by molar-refractivity contribution is 0.660. The zero-order chi connectivity index (χ0) is 31.3. The lowest BCUT2D eigenvalue weighted by atomic mass is 9.82. The summed E-state index contributed by atoms with van der Waals surface area (Å²) in [5.74, 6) is 1.59. The molecule has 4 aromatic carbocycles. The molecule has 0 radical (unpaired) electrons. The molecule has 0 saturated carbocycles. The van der Waals surface area contributed by atoms with Crippen LogP contribution in [-0.4, -0.2) is 34.1 Å². The Morgan fingerprint density at radius 2 is 1.02 bits per heavy atom. The minimum atomic E-state index is -0.159. The maximum Gasteiger partial charge on any atom is 0.241 e. The predicted molar refractivity (Wildman–Crippen MR) is 187 cm³/mol. The van der Waals surface area contributed by atoms with Gasteiger partial charge < -0.3 is 0 Å². The summed E-state index contributed by atoms with van der Waals surface area (Å²) in [6.45, 7) is 4.58. The number of hydrogen-bond donors (Lipinski definition) is 0. The minimum absolute atomic E-state index is 0.159. The molecule has 0 atom stereocenters. The molecule has 1 aliphatic rings. The maximum atomic E-state index is 5.21. The highest BCUT2D eigenvalue weighted by molar-refractivity contribution is 6.08. The van der Waals surface area contributed by atoms with E-state index in [4.69, 9.17) is 24.9 Å². The number of nitrogens with zero attached hydrogens (tertiary/aromatic N) is 7. The fraction of sp³-hybridized carbons (Fsp3) is 0.0750. The second kappa shape index (κ2) is 9.40. The van der Waals surface area contributed by atoms with Crippen molar-refractivity contribution in [1.82, 2.24) is 34.1 Å². The third-order valence-corrected chi connectivity index (χ3v) is 9.72. The molecule has 0 bridgehead atoms. The Labute approximate surface area is 269 Å². The van der Waals surface area contributed by atoms with Crippen LogP contribution in [0.3, 0.4) is 0 Å². The zero-order valence-electron chi connectivity index (χ0n) is 25.8.